The minimum Gasteiger partial charge on any atom is -0.872 e. The predicted molar refractivity (Wildman–Crippen MR) is 43.7 cm³/mol. The van der Waals surface area contributed by atoms with Gasteiger partial charge in [-0.2, -0.15) is 0 Å². The summed E-state index contributed by atoms with van der Waals surface area (Å²) in [5.41, 5.74) is 0.930. The van der Waals surface area contributed by atoms with Crippen LogP contribution < -0.4 is 24.0 Å². The molecule has 1 aromatic carbocycles. The van der Waals surface area contributed by atoms with Gasteiger partial charge in [0.05, 0.1) is 19.8 Å². The van der Waals surface area contributed by atoms with Crippen molar-refractivity contribution in [3.05, 3.63) is 28.8 Å². The molecule has 0 unspecified atom stereocenters. The maximum absolute atomic E-state index is 11.3. The normalized spacial score (nSPS) is 9.64. The Hall–Kier alpha value is -0.503. The molecule has 0 amide bonds. The zero-order valence-electron chi connectivity index (χ0n) is 8.03. The molecular weight excluding hydrogens is 179 g/mol. The third-order valence-electron chi connectivity index (χ3n) is 1.83. The quantitative estimate of drug-likeness (QED) is 0.427. The van der Waals surface area contributed by atoms with Gasteiger partial charge in [0.1, 0.15) is 0 Å². The van der Waals surface area contributed by atoms with Crippen molar-refractivity contribution >= 4 is 0 Å². The van der Waals surface area contributed by atoms with E-state index in [4.69, 9.17) is 15.3 Å². The first-order valence-corrected chi connectivity index (χ1v) is 3.87. The summed E-state index contributed by atoms with van der Waals surface area (Å²) in [5, 5.41) is 37.7. The van der Waals surface area contributed by atoms with Gasteiger partial charge in [0.15, 0.2) is 0 Å². The summed E-state index contributed by atoms with van der Waals surface area (Å²) < 4.78 is 0. The molecule has 3 N–H and O–H groups in total. The Bertz CT molecular complexity index is 276. The second-order valence-corrected chi connectivity index (χ2v) is 2.72. The summed E-state index contributed by atoms with van der Waals surface area (Å²) >= 11 is 0. The van der Waals surface area contributed by atoms with E-state index >= 15 is 0 Å². The molecule has 0 atom stereocenters. The van der Waals surface area contributed by atoms with Gasteiger partial charge in [-0.3, -0.25) is 0 Å². The molecule has 0 radical (unpaired) electrons. The first kappa shape index (κ1) is 13.5. The molecule has 0 saturated heterocycles. The van der Waals surface area contributed by atoms with Crippen LogP contribution >= 0.6 is 0 Å². The van der Waals surface area contributed by atoms with Crippen molar-refractivity contribution in [1.29, 1.82) is 0 Å². The standard InChI is InChI=1S/C9H12O4.Li/c10-3-6-1-7(4-11)9(13)8(2-6)5-12;/h1-2,10-13H,3-5H2;/q;+1/p-1. The molecule has 1 aromatic rings. The zero-order chi connectivity index (χ0) is 9.84. The molecule has 0 aliphatic heterocycles. The number of hydrogen-bond acceptors (Lipinski definition) is 4. The van der Waals surface area contributed by atoms with Gasteiger partial charge in [0.2, 0.25) is 0 Å². The van der Waals surface area contributed by atoms with E-state index in [0.29, 0.717) is 5.56 Å². The van der Waals surface area contributed by atoms with Crippen molar-refractivity contribution in [2.75, 3.05) is 0 Å². The van der Waals surface area contributed by atoms with Crippen LogP contribution in [0, 0.1) is 0 Å². The Balaban J connectivity index is 0.00000169. The van der Waals surface area contributed by atoms with Crippen molar-refractivity contribution in [1.82, 2.24) is 0 Å². The van der Waals surface area contributed by atoms with Gasteiger partial charge in [0.25, 0.3) is 0 Å². The maximum Gasteiger partial charge on any atom is 1.00 e. The Morgan fingerprint density at radius 2 is 1.36 bits per heavy atom. The van der Waals surface area contributed by atoms with Gasteiger partial charge in [-0.05, 0) is 16.7 Å². The molecule has 0 fully saturated rings. The van der Waals surface area contributed by atoms with Crippen molar-refractivity contribution < 1.29 is 39.3 Å². The minimum atomic E-state index is -0.375. The number of benzene rings is 1. The van der Waals surface area contributed by atoms with E-state index < -0.39 is 0 Å². The monoisotopic (exact) mass is 190 g/mol. The van der Waals surface area contributed by atoms with Gasteiger partial charge >= 0.3 is 18.9 Å². The van der Waals surface area contributed by atoms with Gasteiger partial charge in [-0.1, -0.05) is 17.9 Å². The SMILES string of the molecule is [Li+].[O-]c1c(CO)cc(CO)cc1CO. The van der Waals surface area contributed by atoms with Crippen LogP contribution in [-0.4, -0.2) is 15.3 Å². The molecule has 0 spiro atoms. The fourth-order valence-electron chi connectivity index (χ4n) is 1.15. The van der Waals surface area contributed by atoms with Crippen LogP contribution in [0.4, 0.5) is 0 Å². The van der Waals surface area contributed by atoms with Crippen LogP contribution in [0.5, 0.6) is 5.75 Å². The summed E-state index contributed by atoms with van der Waals surface area (Å²) in [6.45, 7) is -0.959. The second-order valence-electron chi connectivity index (χ2n) is 2.72. The topological polar surface area (TPSA) is 83.8 Å². The van der Waals surface area contributed by atoms with Crippen molar-refractivity contribution in [3.8, 4) is 5.75 Å². The molecule has 0 aliphatic rings. The van der Waals surface area contributed by atoms with Crippen molar-refractivity contribution in [2.45, 2.75) is 19.8 Å². The Labute approximate surface area is 94.0 Å². The Morgan fingerprint density at radius 1 is 0.929 bits per heavy atom. The molecule has 0 aromatic heterocycles. The van der Waals surface area contributed by atoms with E-state index in [1.807, 2.05) is 0 Å². The van der Waals surface area contributed by atoms with E-state index in [1.165, 1.54) is 12.1 Å². The third kappa shape index (κ3) is 2.74. The van der Waals surface area contributed by atoms with E-state index in [0.717, 1.165) is 0 Å². The number of aliphatic hydroxyl groups excluding tert-OH is 3. The number of aliphatic hydroxyl groups is 3. The molecule has 0 bridgehead atoms. The minimum absolute atomic E-state index is 0. The molecular formula is C9H11LiO4. The molecule has 0 saturated carbocycles. The largest absolute Gasteiger partial charge is 1.00 e. The van der Waals surface area contributed by atoms with Crippen LogP contribution in [0.25, 0.3) is 0 Å². The average molecular weight is 190 g/mol. The summed E-state index contributed by atoms with van der Waals surface area (Å²) in [5.74, 6) is -0.359. The van der Waals surface area contributed by atoms with Crippen LogP contribution in [0.2, 0.25) is 0 Å². The van der Waals surface area contributed by atoms with Crippen LogP contribution in [0.15, 0.2) is 12.1 Å². The first-order chi connectivity index (χ1) is 6.22. The number of hydrogen-bond donors (Lipinski definition) is 3. The summed E-state index contributed by atoms with van der Waals surface area (Å²) in [6.07, 6.45) is 0. The molecule has 1 rings (SSSR count). The zero-order valence-corrected chi connectivity index (χ0v) is 8.03. The summed E-state index contributed by atoms with van der Waals surface area (Å²) in [4.78, 5) is 0. The van der Waals surface area contributed by atoms with Crippen molar-refractivity contribution in [2.24, 2.45) is 0 Å². The fraction of sp³-hybridized carbons (Fsp3) is 0.333. The Morgan fingerprint density at radius 3 is 1.64 bits per heavy atom. The van der Waals surface area contributed by atoms with Crippen molar-refractivity contribution in [3.63, 3.8) is 0 Å². The van der Waals surface area contributed by atoms with E-state index in [1.54, 1.807) is 0 Å². The summed E-state index contributed by atoms with van der Waals surface area (Å²) in [6, 6.07) is 2.86. The predicted octanol–water partition coefficient (Wildman–Crippen LogP) is -3.76. The fourth-order valence-corrected chi connectivity index (χ4v) is 1.15. The molecule has 5 heteroatoms. The molecule has 0 heterocycles. The van der Waals surface area contributed by atoms with Crippen LogP contribution in [0.1, 0.15) is 16.7 Å². The molecule has 14 heavy (non-hydrogen) atoms. The summed E-state index contributed by atoms with van der Waals surface area (Å²) in [7, 11) is 0. The number of rotatable bonds is 3. The van der Waals surface area contributed by atoms with Crippen LogP contribution in [0.3, 0.4) is 0 Å². The first-order valence-electron chi connectivity index (χ1n) is 3.87. The van der Waals surface area contributed by atoms with Crippen LogP contribution in [-0.2, 0) is 19.8 Å². The van der Waals surface area contributed by atoms with Gasteiger partial charge in [0, 0.05) is 0 Å². The van der Waals surface area contributed by atoms with Gasteiger partial charge in [-0.25, -0.2) is 0 Å². The van der Waals surface area contributed by atoms with E-state index in [9.17, 15) is 5.11 Å². The molecule has 0 aliphatic carbocycles. The Kier molecular flexibility index (Phi) is 5.85. The van der Waals surface area contributed by atoms with Gasteiger partial charge < -0.3 is 20.4 Å². The van der Waals surface area contributed by atoms with E-state index in [-0.39, 0.29) is 55.6 Å². The molecule has 4 nitrogen and oxygen atoms in total. The van der Waals surface area contributed by atoms with E-state index in [2.05, 4.69) is 0 Å². The smallest absolute Gasteiger partial charge is 0.872 e. The average Bonchev–Trinajstić information content (AvgIpc) is 2.18. The third-order valence-corrected chi connectivity index (χ3v) is 1.83. The second kappa shape index (κ2) is 6.07. The maximum atomic E-state index is 11.3. The van der Waals surface area contributed by atoms with Gasteiger partial charge in [-0.15, -0.1) is 0 Å². The molecule has 72 valence electrons.